The van der Waals surface area contributed by atoms with E-state index in [2.05, 4.69) is 5.32 Å². The molecule has 0 fully saturated rings. The minimum Gasteiger partial charge on any atom is -0.492 e. The number of anilines is 1. The number of nitrogens with one attached hydrogen (secondary N) is 1. The number of amides is 1. The Bertz CT molecular complexity index is 680. The van der Waals surface area contributed by atoms with E-state index < -0.39 is 0 Å². The van der Waals surface area contributed by atoms with E-state index in [1.165, 1.54) is 0 Å². The van der Waals surface area contributed by atoms with Crippen molar-refractivity contribution in [3.8, 4) is 5.75 Å². The molecule has 0 heterocycles. The molecule has 0 radical (unpaired) electrons. The Kier molecular flexibility index (Phi) is 6.91. The molecule has 6 heteroatoms. The second kappa shape index (κ2) is 8.92. The van der Waals surface area contributed by atoms with Crippen molar-refractivity contribution in [1.29, 1.82) is 0 Å². The summed E-state index contributed by atoms with van der Waals surface area (Å²) in [7, 11) is 1.87. The molecule has 0 saturated carbocycles. The van der Waals surface area contributed by atoms with Crippen molar-refractivity contribution in [3.63, 3.8) is 0 Å². The van der Waals surface area contributed by atoms with Crippen molar-refractivity contribution in [1.82, 2.24) is 4.90 Å². The lowest BCUT2D eigenvalue weighted by Crippen LogP contribution is -2.41. The van der Waals surface area contributed by atoms with Crippen LogP contribution in [0.5, 0.6) is 5.75 Å². The lowest BCUT2D eigenvalue weighted by atomic mass is 10.2. The Morgan fingerprint density at radius 3 is 2.58 bits per heavy atom. The van der Waals surface area contributed by atoms with Gasteiger partial charge in [-0.15, -0.1) is 0 Å². The molecule has 0 aliphatic heterocycles. The van der Waals surface area contributed by atoms with Gasteiger partial charge in [0.25, 0.3) is 0 Å². The number of benzene rings is 2. The maximum absolute atomic E-state index is 12.4. The van der Waals surface area contributed by atoms with Gasteiger partial charge in [0.2, 0.25) is 5.91 Å². The Balaban J connectivity index is 1.84. The molecule has 24 heavy (non-hydrogen) atoms. The average molecular weight is 367 g/mol. The van der Waals surface area contributed by atoms with Crippen LogP contribution in [0.3, 0.4) is 0 Å². The molecule has 1 atom stereocenters. The van der Waals surface area contributed by atoms with Crippen LogP contribution in [0.15, 0.2) is 48.5 Å². The number of carbonyl (C=O) groups excluding carboxylic acids is 1. The third-order valence-electron chi connectivity index (χ3n) is 3.71. The van der Waals surface area contributed by atoms with Crippen molar-refractivity contribution in [2.45, 2.75) is 13.0 Å². The Hall–Kier alpha value is -1.75. The summed E-state index contributed by atoms with van der Waals surface area (Å²) in [5, 5.41) is 3.55. The molecule has 0 aromatic heterocycles. The number of ether oxygens (including phenoxy) is 1. The highest BCUT2D eigenvalue weighted by molar-refractivity contribution is 6.44. The van der Waals surface area contributed by atoms with Crippen molar-refractivity contribution in [3.05, 3.63) is 58.6 Å². The molecular formula is C18H20Cl2N2O2. The van der Waals surface area contributed by atoms with E-state index in [9.17, 15) is 4.79 Å². The molecule has 0 spiro atoms. The van der Waals surface area contributed by atoms with Crippen LogP contribution in [-0.4, -0.2) is 37.0 Å². The van der Waals surface area contributed by atoms with Gasteiger partial charge in [0.1, 0.15) is 12.4 Å². The molecule has 0 bridgehead atoms. The maximum Gasteiger partial charge on any atom is 0.241 e. The number of likely N-dealkylation sites (N-methyl/N-ethyl adjacent to an activating group) is 1. The number of para-hydroxylation sites is 1. The molecular weight excluding hydrogens is 347 g/mol. The summed E-state index contributed by atoms with van der Waals surface area (Å²) < 4.78 is 5.65. The molecule has 0 saturated heterocycles. The molecule has 1 amide bonds. The number of hydrogen-bond acceptors (Lipinski definition) is 3. The van der Waals surface area contributed by atoms with E-state index in [4.69, 9.17) is 27.9 Å². The summed E-state index contributed by atoms with van der Waals surface area (Å²) in [6, 6.07) is 14.4. The topological polar surface area (TPSA) is 41.6 Å². The monoisotopic (exact) mass is 366 g/mol. The van der Waals surface area contributed by atoms with Gasteiger partial charge in [-0.1, -0.05) is 47.5 Å². The summed E-state index contributed by atoms with van der Waals surface area (Å²) in [5.41, 5.74) is 0.509. The van der Waals surface area contributed by atoms with E-state index in [1.807, 2.05) is 49.2 Å². The first-order valence-electron chi connectivity index (χ1n) is 7.62. The summed E-state index contributed by atoms with van der Waals surface area (Å²) in [6.07, 6.45) is 0. The van der Waals surface area contributed by atoms with Crippen molar-refractivity contribution in [2.24, 2.45) is 0 Å². The van der Waals surface area contributed by atoms with Gasteiger partial charge in [0, 0.05) is 6.54 Å². The quantitative estimate of drug-likeness (QED) is 0.792. The molecule has 128 valence electrons. The van der Waals surface area contributed by atoms with Crippen LogP contribution in [0.1, 0.15) is 6.92 Å². The molecule has 2 aromatic carbocycles. The second-order valence-electron chi connectivity index (χ2n) is 5.41. The van der Waals surface area contributed by atoms with Crippen LogP contribution in [0.2, 0.25) is 10.0 Å². The van der Waals surface area contributed by atoms with Gasteiger partial charge >= 0.3 is 0 Å². The summed E-state index contributed by atoms with van der Waals surface area (Å²) in [5.74, 6) is 0.662. The summed E-state index contributed by atoms with van der Waals surface area (Å²) in [4.78, 5) is 14.3. The first-order valence-corrected chi connectivity index (χ1v) is 8.37. The minimum atomic E-state index is -0.334. The third kappa shape index (κ3) is 5.13. The third-order valence-corrected chi connectivity index (χ3v) is 4.52. The standard InChI is InChI=1S/C18H20Cl2N2O2/c1-13(18(23)21-16-10-6-9-15(19)17(16)20)22(2)11-12-24-14-7-4-3-5-8-14/h3-10,13H,11-12H2,1-2H3,(H,21,23). The van der Waals surface area contributed by atoms with E-state index in [0.29, 0.717) is 28.9 Å². The lowest BCUT2D eigenvalue weighted by Gasteiger charge is -2.24. The Labute approximate surface area is 152 Å². The maximum atomic E-state index is 12.4. The van der Waals surface area contributed by atoms with Gasteiger partial charge in [-0.25, -0.2) is 0 Å². The number of nitrogens with zero attached hydrogens (tertiary/aromatic N) is 1. The fraction of sp³-hybridized carbons (Fsp3) is 0.278. The van der Waals surface area contributed by atoms with Crippen LogP contribution >= 0.6 is 23.2 Å². The van der Waals surface area contributed by atoms with Crippen LogP contribution in [0.25, 0.3) is 0 Å². The predicted molar refractivity (Wildman–Crippen MR) is 99.1 cm³/mol. The summed E-state index contributed by atoms with van der Waals surface area (Å²) in [6.45, 7) is 2.94. The van der Waals surface area contributed by atoms with Gasteiger partial charge in [0.15, 0.2) is 0 Å². The zero-order chi connectivity index (χ0) is 17.5. The van der Waals surface area contributed by atoms with Crippen LogP contribution < -0.4 is 10.1 Å². The van der Waals surface area contributed by atoms with Gasteiger partial charge in [-0.05, 0) is 38.2 Å². The minimum absolute atomic E-state index is 0.152. The number of halogens is 2. The van der Waals surface area contributed by atoms with E-state index in [0.717, 1.165) is 5.75 Å². The molecule has 0 aliphatic rings. The van der Waals surface area contributed by atoms with E-state index in [1.54, 1.807) is 18.2 Å². The van der Waals surface area contributed by atoms with E-state index >= 15 is 0 Å². The number of carbonyl (C=O) groups is 1. The van der Waals surface area contributed by atoms with Crippen LogP contribution in [0, 0.1) is 0 Å². The predicted octanol–water partition coefficient (Wildman–Crippen LogP) is 4.33. The van der Waals surface area contributed by atoms with Gasteiger partial charge in [0.05, 0.1) is 21.8 Å². The van der Waals surface area contributed by atoms with Crippen LogP contribution in [-0.2, 0) is 4.79 Å². The van der Waals surface area contributed by atoms with Crippen LogP contribution in [0.4, 0.5) is 5.69 Å². The zero-order valence-corrected chi connectivity index (χ0v) is 15.1. The first kappa shape index (κ1) is 18.6. The second-order valence-corrected chi connectivity index (χ2v) is 6.19. The lowest BCUT2D eigenvalue weighted by molar-refractivity contribution is -0.120. The van der Waals surface area contributed by atoms with E-state index in [-0.39, 0.29) is 11.9 Å². The van der Waals surface area contributed by atoms with Gasteiger partial charge in [-0.3, -0.25) is 9.69 Å². The van der Waals surface area contributed by atoms with Crippen molar-refractivity contribution >= 4 is 34.8 Å². The molecule has 2 rings (SSSR count). The molecule has 2 aromatic rings. The summed E-state index contributed by atoms with van der Waals surface area (Å²) >= 11 is 12.0. The van der Waals surface area contributed by atoms with Gasteiger partial charge < -0.3 is 10.1 Å². The van der Waals surface area contributed by atoms with Crippen molar-refractivity contribution < 1.29 is 9.53 Å². The van der Waals surface area contributed by atoms with Crippen molar-refractivity contribution in [2.75, 3.05) is 25.5 Å². The largest absolute Gasteiger partial charge is 0.492 e. The highest BCUT2D eigenvalue weighted by Crippen LogP contribution is 2.29. The number of rotatable bonds is 7. The van der Waals surface area contributed by atoms with Gasteiger partial charge in [-0.2, -0.15) is 0 Å². The highest BCUT2D eigenvalue weighted by atomic mass is 35.5. The zero-order valence-electron chi connectivity index (χ0n) is 13.6. The SMILES string of the molecule is CC(C(=O)Nc1cccc(Cl)c1Cl)N(C)CCOc1ccccc1. The fourth-order valence-corrected chi connectivity index (χ4v) is 2.40. The highest BCUT2D eigenvalue weighted by Gasteiger charge is 2.19. The smallest absolute Gasteiger partial charge is 0.241 e. The molecule has 0 aliphatic carbocycles. The fourth-order valence-electron chi connectivity index (χ4n) is 2.06. The first-order chi connectivity index (χ1) is 11.5. The molecule has 4 nitrogen and oxygen atoms in total. The average Bonchev–Trinajstić information content (AvgIpc) is 2.59. The molecule has 1 unspecified atom stereocenters. The molecule has 1 N–H and O–H groups in total. The Morgan fingerprint density at radius 1 is 1.17 bits per heavy atom. The normalized spacial score (nSPS) is 12.0. The Morgan fingerprint density at radius 2 is 1.88 bits per heavy atom. The number of hydrogen-bond donors (Lipinski definition) is 1.